The molecule has 4 nitrogen and oxygen atoms in total. The van der Waals surface area contributed by atoms with Crippen molar-refractivity contribution in [2.45, 2.75) is 49.8 Å². The number of ether oxygens (including phenoxy) is 1. The Morgan fingerprint density at radius 2 is 1.69 bits per heavy atom. The Morgan fingerprint density at radius 3 is 2.48 bits per heavy atom. The Labute approximate surface area is 170 Å². The minimum absolute atomic E-state index is 0.216. The van der Waals surface area contributed by atoms with Gasteiger partial charge in [0.1, 0.15) is 17.2 Å². The first-order chi connectivity index (χ1) is 14.3. The fraction of sp³-hybridized carbons (Fsp3) is 0.320. The molecule has 1 fully saturated rings. The highest BCUT2D eigenvalue weighted by Gasteiger charge is 2.52. The van der Waals surface area contributed by atoms with Crippen LogP contribution in [-0.2, 0) is 0 Å². The lowest BCUT2D eigenvalue weighted by atomic mass is 9.78. The van der Waals surface area contributed by atoms with E-state index in [1.54, 1.807) is 6.26 Å². The van der Waals surface area contributed by atoms with Crippen LogP contribution in [0.4, 0.5) is 0 Å². The van der Waals surface area contributed by atoms with Crippen LogP contribution < -0.4 is 4.74 Å². The quantitative estimate of drug-likeness (QED) is 0.554. The monoisotopic (exact) mass is 384 g/mol. The van der Waals surface area contributed by atoms with Crippen molar-refractivity contribution in [2.75, 3.05) is 0 Å². The molecule has 2 aromatic carbocycles. The fourth-order valence-corrected chi connectivity index (χ4v) is 5.28. The van der Waals surface area contributed by atoms with E-state index < -0.39 is 0 Å². The maximum absolute atomic E-state index is 6.71. The van der Waals surface area contributed by atoms with Crippen molar-refractivity contribution in [3.63, 3.8) is 0 Å². The number of nitrogens with zero attached hydrogens (tertiary/aromatic N) is 2. The average Bonchev–Trinajstić information content (AvgIpc) is 3.46. The maximum Gasteiger partial charge on any atom is 0.198 e. The van der Waals surface area contributed by atoms with Gasteiger partial charge in [-0.25, -0.2) is 5.01 Å². The summed E-state index contributed by atoms with van der Waals surface area (Å²) in [7, 11) is 0. The lowest BCUT2D eigenvalue weighted by Gasteiger charge is -2.50. The molecule has 0 N–H and O–H groups in total. The Balaban J connectivity index is 1.35. The van der Waals surface area contributed by atoms with Crippen molar-refractivity contribution in [3.8, 4) is 5.75 Å². The van der Waals surface area contributed by atoms with E-state index in [-0.39, 0.29) is 11.8 Å². The first-order valence-corrected chi connectivity index (χ1v) is 10.6. The molecule has 0 radical (unpaired) electrons. The van der Waals surface area contributed by atoms with E-state index in [1.807, 2.05) is 12.1 Å². The maximum atomic E-state index is 6.71. The highest BCUT2D eigenvalue weighted by molar-refractivity contribution is 5.99. The Bertz CT molecular complexity index is 1030. The first-order valence-electron chi connectivity index (χ1n) is 10.6. The second-order valence-corrected chi connectivity index (χ2v) is 8.36. The van der Waals surface area contributed by atoms with E-state index in [1.165, 1.54) is 11.1 Å². The van der Waals surface area contributed by atoms with Crippen LogP contribution in [0.2, 0.25) is 0 Å². The van der Waals surface area contributed by atoms with E-state index in [0.29, 0.717) is 5.92 Å². The second kappa shape index (κ2) is 6.51. The second-order valence-electron chi connectivity index (χ2n) is 8.36. The summed E-state index contributed by atoms with van der Waals surface area (Å²) in [6, 6.07) is 23.5. The number of hydrazone groups is 1. The number of furan rings is 1. The zero-order valence-corrected chi connectivity index (χ0v) is 16.3. The Kier molecular flexibility index (Phi) is 3.80. The van der Waals surface area contributed by atoms with Gasteiger partial charge in [0.05, 0.1) is 12.3 Å². The van der Waals surface area contributed by atoms with Gasteiger partial charge < -0.3 is 9.15 Å². The van der Waals surface area contributed by atoms with Crippen LogP contribution in [0.1, 0.15) is 61.0 Å². The molecule has 3 aromatic rings. The van der Waals surface area contributed by atoms with Crippen LogP contribution in [0, 0.1) is 0 Å². The molecular weight excluding hydrogens is 360 g/mol. The first kappa shape index (κ1) is 16.9. The molecule has 3 aliphatic rings. The smallest absolute Gasteiger partial charge is 0.198 e. The number of rotatable bonds is 2. The van der Waals surface area contributed by atoms with Crippen molar-refractivity contribution >= 4 is 5.71 Å². The molecule has 29 heavy (non-hydrogen) atoms. The van der Waals surface area contributed by atoms with Crippen LogP contribution in [0.15, 0.2) is 82.5 Å². The van der Waals surface area contributed by atoms with Crippen molar-refractivity contribution in [2.24, 2.45) is 5.10 Å². The SMILES string of the molecule is c1ccc(C2CCC3(CC2)Oc2ccccc2[C@@H]2CC(c4ccco4)=NN23)cc1. The highest BCUT2D eigenvalue weighted by Crippen LogP contribution is 2.52. The third-order valence-corrected chi connectivity index (χ3v) is 6.75. The third kappa shape index (κ3) is 2.70. The van der Waals surface area contributed by atoms with Crippen LogP contribution in [0.3, 0.4) is 0 Å². The number of para-hydroxylation sites is 1. The number of benzene rings is 2. The molecule has 1 atom stereocenters. The topological polar surface area (TPSA) is 38.0 Å². The third-order valence-electron chi connectivity index (χ3n) is 6.75. The Hall–Kier alpha value is -3.01. The zero-order valence-electron chi connectivity index (χ0n) is 16.3. The van der Waals surface area contributed by atoms with Gasteiger partial charge in [-0.15, -0.1) is 0 Å². The lowest BCUT2D eigenvalue weighted by Crippen LogP contribution is -2.55. The van der Waals surface area contributed by atoms with Gasteiger partial charge in [0.2, 0.25) is 0 Å². The molecule has 3 heterocycles. The summed E-state index contributed by atoms with van der Waals surface area (Å²) in [4.78, 5) is 0. The van der Waals surface area contributed by atoms with Crippen molar-refractivity contribution in [3.05, 3.63) is 89.9 Å². The fourth-order valence-electron chi connectivity index (χ4n) is 5.28. The minimum atomic E-state index is -0.362. The van der Waals surface area contributed by atoms with Crippen LogP contribution in [0.5, 0.6) is 5.75 Å². The molecule has 1 spiro atoms. The van der Waals surface area contributed by atoms with Gasteiger partial charge in [0.15, 0.2) is 5.72 Å². The van der Waals surface area contributed by atoms with Gasteiger partial charge >= 0.3 is 0 Å². The zero-order chi connectivity index (χ0) is 19.3. The predicted octanol–water partition coefficient (Wildman–Crippen LogP) is 5.88. The molecule has 0 saturated heterocycles. The van der Waals surface area contributed by atoms with Gasteiger partial charge in [0.25, 0.3) is 0 Å². The number of hydrogen-bond acceptors (Lipinski definition) is 4. The summed E-state index contributed by atoms with van der Waals surface area (Å²) in [5.74, 6) is 2.48. The normalized spacial score (nSPS) is 27.9. The number of hydrogen-bond donors (Lipinski definition) is 0. The molecule has 1 aromatic heterocycles. The Morgan fingerprint density at radius 1 is 0.897 bits per heavy atom. The van der Waals surface area contributed by atoms with Crippen molar-refractivity contribution < 1.29 is 9.15 Å². The van der Waals surface area contributed by atoms with E-state index in [2.05, 4.69) is 59.6 Å². The van der Waals surface area contributed by atoms with Crippen LogP contribution in [-0.4, -0.2) is 16.4 Å². The van der Waals surface area contributed by atoms with Crippen LogP contribution >= 0.6 is 0 Å². The molecular formula is C25H24N2O2. The van der Waals surface area contributed by atoms with E-state index in [9.17, 15) is 0 Å². The molecule has 0 unspecified atom stereocenters. The standard InChI is InChI=1S/C25H24N2O2/c1-2-7-18(8-3-1)19-12-14-25(15-13-19)27-22(20-9-4-5-10-23(20)29-25)17-21(26-27)24-11-6-16-28-24/h1-11,16,19,22H,12-15,17H2/t19?,22-,25?/m0/s1. The molecule has 146 valence electrons. The van der Waals surface area contributed by atoms with E-state index in [0.717, 1.165) is 49.3 Å². The molecule has 0 amide bonds. The van der Waals surface area contributed by atoms with Gasteiger partial charge in [-0.2, -0.15) is 5.10 Å². The predicted molar refractivity (Wildman–Crippen MR) is 112 cm³/mol. The lowest BCUT2D eigenvalue weighted by molar-refractivity contribution is -0.142. The number of fused-ring (bicyclic) bond motifs is 4. The summed E-state index contributed by atoms with van der Waals surface area (Å²) in [6.45, 7) is 0. The van der Waals surface area contributed by atoms with Crippen LogP contribution in [0.25, 0.3) is 0 Å². The van der Waals surface area contributed by atoms with Crippen molar-refractivity contribution in [1.29, 1.82) is 0 Å². The molecule has 1 saturated carbocycles. The summed E-state index contributed by atoms with van der Waals surface area (Å²) in [5.41, 5.74) is 3.33. The molecule has 4 heteroatoms. The van der Waals surface area contributed by atoms with Gasteiger partial charge in [-0.3, -0.25) is 0 Å². The largest absolute Gasteiger partial charge is 0.466 e. The van der Waals surface area contributed by atoms with Crippen molar-refractivity contribution in [1.82, 2.24) is 5.01 Å². The highest BCUT2D eigenvalue weighted by atomic mass is 16.5. The molecule has 2 aliphatic heterocycles. The van der Waals surface area contributed by atoms with E-state index in [4.69, 9.17) is 14.3 Å². The molecule has 0 bridgehead atoms. The summed E-state index contributed by atoms with van der Waals surface area (Å²) in [6.07, 6.45) is 6.76. The minimum Gasteiger partial charge on any atom is -0.466 e. The van der Waals surface area contributed by atoms with Gasteiger partial charge in [-0.05, 0) is 42.5 Å². The molecule has 1 aliphatic carbocycles. The van der Waals surface area contributed by atoms with Gasteiger partial charge in [0, 0.05) is 24.8 Å². The molecule has 6 rings (SSSR count). The van der Waals surface area contributed by atoms with E-state index >= 15 is 0 Å². The summed E-state index contributed by atoms with van der Waals surface area (Å²) < 4.78 is 12.4. The summed E-state index contributed by atoms with van der Waals surface area (Å²) >= 11 is 0. The summed E-state index contributed by atoms with van der Waals surface area (Å²) in [5, 5.41) is 7.32. The van der Waals surface area contributed by atoms with Gasteiger partial charge in [-0.1, -0.05) is 48.5 Å². The average molecular weight is 384 g/mol.